The van der Waals surface area contributed by atoms with Gasteiger partial charge in [-0.15, -0.1) is 24.0 Å². The number of aliphatic hydroxyl groups excluding tert-OH is 1. The highest BCUT2D eigenvalue weighted by molar-refractivity contribution is 14.0. The van der Waals surface area contributed by atoms with Gasteiger partial charge < -0.3 is 20.9 Å². The topological polar surface area (TPSA) is 79.9 Å². The molecule has 0 amide bonds. The Balaban J connectivity index is 0.00000364. The molecule has 2 aromatic carbocycles. The second-order valence-corrected chi connectivity index (χ2v) is 6.56. The van der Waals surface area contributed by atoms with Crippen molar-refractivity contribution in [2.24, 2.45) is 10.7 Å². The third kappa shape index (κ3) is 8.17. The maximum atomic E-state index is 10.0. The molecule has 27 heavy (non-hydrogen) atoms. The van der Waals surface area contributed by atoms with E-state index in [0.717, 1.165) is 23.4 Å². The molecule has 0 heterocycles. The highest BCUT2D eigenvalue weighted by Crippen LogP contribution is 2.20. The minimum atomic E-state index is -0.719. The molecular weight excluding hydrogens is 453 g/mol. The maximum absolute atomic E-state index is 10.0. The minimum absolute atomic E-state index is 0. The number of rotatable bonds is 8. The Morgan fingerprint density at radius 1 is 1.22 bits per heavy atom. The number of nitrogens with one attached hydrogen (secondary N) is 1. The van der Waals surface area contributed by atoms with Crippen molar-refractivity contribution < 1.29 is 9.84 Å². The van der Waals surface area contributed by atoms with E-state index in [-0.39, 0.29) is 43.1 Å². The van der Waals surface area contributed by atoms with Crippen LogP contribution in [0.2, 0.25) is 0 Å². The zero-order valence-corrected chi connectivity index (χ0v) is 18.5. The summed E-state index contributed by atoms with van der Waals surface area (Å²) in [5.41, 5.74) is 9.19. The number of ether oxygens (including phenoxy) is 1. The molecule has 2 aromatic rings. The minimum Gasteiger partial charge on any atom is -0.491 e. The van der Waals surface area contributed by atoms with Gasteiger partial charge >= 0.3 is 0 Å². The summed E-state index contributed by atoms with van der Waals surface area (Å²) < 4.78 is 5.56. The fourth-order valence-electron chi connectivity index (χ4n) is 2.47. The van der Waals surface area contributed by atoms with Crippen LogP contribution in [0.1, 0.15) is 37.3 Å². The number of hydrogen-bond acceptors (Lipinski definition) is 3. The Labute approximate surface area is 179 Å². The molecule has 2 unspecified atom stereocenters. The summed E-state index contributed by atoms with van der Waals surface area (Å²) in [5, 5.41) is 13.0. The smallest absolute Gasteiger partial charge is 0.193 e. The number of halogens is 1. The van der Waals surface area contributed by atoms with Crippen LogP contribution >= 0.6 is 24.0 Å². The van der Waals surface area contributed by atoms with Gasteiger partial charge in [-0.3, -0.25) is 4.99 Å². The van der Waals surface area contributed by atoms with Crippen LogP contribution in [0.15, 0.2) is 53.5 Å². The molecule has 148 valence electrons. The maximum Gasteiger partial charge on any atom is 0.193 e. The van der Waals surface area contributed by atoms with Crippen molar-refractivity contribution in [3.8, 4) is 5.75 Å². The molecule has 0 saturated heterocycles. The molecule has 5 nitrogen and oxygen atoms in total. The first-order valence-electron chi connectivity index (χ1n) is 9.02. The normalized spacial score (nSPS) is 13.4. The highest BCUT2D eigenvalue weighted by Gasteiger charge is 2.06. The van der Waals surface area contributed by atoms with Crippen molar-refractivity contribution in [3.63, 3.8) is 0 Å². The lowest BCUT2D eigenvalue weighted by Crippen LogP contribution is -2.27. The van der Waals surface area contributed by atoms with E-state index in [2.05, 4.69) is 36.3 Å². The lowest BCUT2D eigenvalue weighted by molar-refractivity contribution is 0.114. The van der Waals surface area contributed by atoms with Crippen molar-refractivity contribution in [2.45, 2.75) is 39.2 Å². The van der Waals surface area contributed by atoms with Gasteiger partial charge in [0.1, 0.15) is 18.5 Å². The summed E-state index contributed by atoms with van der Waals surface area (Å²) >= 11 is 0. The van der Waals surface area contributed by atoms with Crippen LogP contribution in [0.4, 0.5) is 5.69 Å². The van der Waals surface area contributed by atoms with Gasteiger partial charge in [0.05, 0.1) is 6.54 Å². The number of benzene rings is 2. The summed E-state index contributed by atoms with van der Waals surface area (Å²) in [5.74, 6) is 1.55. The van der Waals surface area contributed by atoms with Crippen LogP contribution in [-0.4, -0.2) is 30.3 Å². The van der Waals surface area contributed by atoms with Gasteiger partial charge in [0.25, 0.3) is 0 Å². The summed E-state index contributed by atoms with van der Waals surface area (Å²) in [7, 11) is 0. The molecule has 0 bridgehead atoms. The van der Waals surface area contributed by atoms with Gasteiger partial charge in [-0.05, 0) is 54.7 Å². The van der Waals surface area contributed by atoms with Crippen LogP contribution in [0.25, 0.3) is 0 Å². The first-order valence-corrected chi connectivity index (χ1v) is 9.02. The number of guanidine groups is 1. The Morgan fingerprint density at radius 3 is 2.56 bits per heavy atom. The Morgan fingerprint density at radius 2 is 1.93 bits per heavy atom. The predicted molar refractivity (Wildman–Crippen MR) is 123 cm³/mol. The van der Waals surface area contributed by atoms with Crippen LogP contribution in [0, 0.1) is 6.92 Å². The zero-order valence-electron chi connectivity index (χ0n) is 16.2. The SMILES string of the molecule is CCC(C)c1ccc(NC(N)=NCC(O)COc2cccc(C)c2)cc1.I. The van der Waals surface area contributed by atoms with Crippen LogP contribution in [0.5, 0.6) is 5.75 Å². The van der Waals surface area contributed by atoms with Gasteiger partial charge in [0.15, 0.2) is 5.96 Å². The monoisotopic (exact) mass is 483 g/mol. The molecule has 0 saturated carbocycles. The van der Waals surface area contributed by atoms with E-state index in [1.165, 1.54) is 5.56 Å². The van der Waals surface area contributed by atoms with Gasteiger partial charge in [0.2, 0.25) is 0 Å². The van der Waals surface area contributed by atoms with E-state index in [1.54, 1.807) is 0 Å². The van der Waals surface area contributed by atoms with E-state index in [1.807, 2.05) is 43.3 Å². The molecule has 0 aliphatic heterocycles. The number of hydrogen-bond donors (Lipinski definition) is 3. The zero-order chi connectivity index (χ0) is 18.9. The molecule has 0 fully saturated rings. The van der Waals surface area contributed by atoms with E-state index in [9.17, 15) is 5.11 Å². The van der Waals surface area contributed by atoms with Crippen LogP contribution < -0.4 is 15.8 Å². The lowest BCUT2D eigenvalue weighted by Gasteiger charge is -2.12. The van der Waals surface area contributed by atoms with E-state index >= 15 is 0 Å². The third-order valence-electron chi connectivity index (χ3n) is 4.27. The lowest BCUT2D eigenvalue weighted by atomic mass is 9.99. The van der Waals surface area contributed by atoms with E-state index < -0.39 is 6.10 Å². The molecule has 2 rings (SSSR count). The molecule has 0 radical (unpaired) electrons. The first-order chi connectivity index (χ1) is 12.5. The average molecular weight is 483 g/mol. The van der Waals surface area contributed by atoms with Gasteiger partial charge in [0, 0.05) is 5.69 Å². The summed E-state index contributed by atoms with van der Waals surface area (Å²) in [6, 6.07) is 15.9. The molecule has 6 heteroatoms. The third-order valence-corrected chi connectivity index (χ3v) is 4.27. The molecule has 0 aliphatic rings. The fourth-order valence-corrected chi connectivity index (χ4v) is 2.47. The van der Waals surface area contributed by atoms with Gasteiger partial charge in [-0.25, -0.2) is 0 Å². The first kappa shape index (κ1) is 23.2. The fraction of sp³-hybridized carbons (Fsp3) is 0.381. The molecule has 4 N–H and O–H groups in total. The Kier molecular flexibility index (Phi) is 10.2. The summed E-state index contributed by atoms with van der Waals surface area (Å²) in [4.78, 5) is 4.18. The molecule has 0 aromatic heterocycles. The second kappa shape index (κ2) is 11.8. The van der Waals surface area contributed by atoms with Gasteiger partial charge in [-0.2, -0.15) is 0 Å². The molecule has 2 atom stereocenters. The van der Waals surface area contributed by atoms with Crippen molar-refractivity contribution in [1.82, 2.24) is 0 Å². The van der Waals surface area contributed by atoms with Crippen molar-refractivity contribution >= 4 is 35.6 Å². The molecule has 0 spiro atoms. The standard InChI is InChI=1S/C21H29N3O2.HI/c1-4-16(3)17-8-10-18(11-9-17)24-21(22)23-13-19(25)14-26-20-7-5-6-15(2)12-20;/h5-12,16,19,25H,4,13-14H2,1-3H3,(H3,22,23,24);1H. The van der Waals surface area contributed by atoms with Crippen LogP contribution in [-0.2, 0) is 0 Å². The number of aryl methyl sites for hydroxylation is 1. The average Bonchev–Trinajstić information content (AvgIpc) is 2.64. The van der Waals surface area contributed by atoms with Crippen molar-refractivity contribution in [3.05, 3.63) is 59.7 Å². The number of aliphatic imine (C=N–C) groups is 1. The van der Waals surface area contributed by atoms with Crippen LogP contribution in [0.3, 0.4) is 0 Å². The highest BCUT2D eigenvalue weighted by atomic mass is 127. The van der Waals surface area contributed by atoms with E-state index in [0.29, 0.717) is 5.92 Å². The Bertz CT molecular complexity index is 720. The van der Waals surface area contributed by atoms with Crippen molar-refractivity contribution in [1.29, 1.82) is 0 Å². The Hall–Kier alpha value is -1.80. The number of nitrogens with two attached hydrogens (primary N) is 1. The quantitative estimate of drug-likeness (QED) is 0.297. The molecular formula is C21H30IN3O2. The predicted octanol–water partition coefficient (Wildman–Crippen LogP) is 4.29. The largest absolute Gasteiger partial charge is 0.491 e. The van der Waals surface area contributed by atoms with Gasteiger partial charge in [-0.1, -0.05) is 38.1 Å². The van der Waals surface area contributed by atoms with Crippen molar-refractivity contribution in [2.75, 3.05) is 18.5 Å². The number of aliphatic hydroxyl groups is 1. The second-order valence-electron chi connectivity index (χ2n) is 6.56. The molecule has 0 aliphatic carbocycles. The summed E-state index contributed by atoms with van der Waals surface area (Å²) in [6.07, 6.45) is 0.391. The van der Waals surface area contributed by atoms with E-state index in [4.69, 9.17) is 10.5 Å². The number of nitrogens with zero attached hydrogens (tertiary/aromatic N) is 1. The number of anilines is 1. The summed E-state index contributed by atoms with van der Waals surface area (Å²) in [6.45, 7) is 6.72.